The smallest absolute Gasteiger partial charge is 0.223 e. The van der Waals surface area contributed by atoms with Crippen LogP contribution < -0.4 is 10.6 Å². The number of rotatable bonds is 2. The molecule has 0 radical (unpaired) electrons. The SMILES string of the molecule is CNC1(C#N)CCC(C(=O)NC(C)(C)C)CC1. The van der Waals surface area contributed by atoms with E-state index < -0.39 is 5.54 Å². The highest BCUT2D eigenvalue weighted by molar-refractivity contribution is 5.79. The van der Waals surface area contributed by atoms with Crippen LogP contribution in [0.15, 0.2) is 0 Å². The van der Waals surface area contributed by atoms with Gasteiger partial charge >= 0.3 is 0 Å². The molecular formula is C13H23N3O. The van der Waals surface area contributed by atoms with Crippen LogP contribution in [0.3, 0.4) is 0 Å². The second-order valence-electron chi connectivity index (χ2n) is 5.96. The second-order valence-corrected chi connectivity index (χ2v) is 5.96. The Morgan fingerprint density at radius 2 is 1.88 bits per heavy atom. The molecule has 1 fully saturated rings. The van der Waals surface area contributed by atoms with Gasteiger partial charge in [-0.05, 0) is 53.5 Å². The topological polar surface area (TPSA) is 64.9 Å². The Morgan fingerprint density at radius 3 is 2.24 bits per heavy atom. The van der Waals surface area contributed by atoms with Crippen molar-refractivity contribution in [1.29, 1.82) is 5.26 Å². The molecule has 0 spiro atoms. The first kappa shape index (κ1) is 14.0. The van der Waals surface area contributed by atoms with Gasteiger partial charge in [-0.2, -0.15) is 5.26 Å². The van der Waals surface area contributed by atoms with Gasteiger partial charge in [-0.25, -0.2) is 0 Å². The lowest BCUT2D eigenvalue weighted by Gasteiger charge is -2.35. The van der Waals surface area contributed by atoms with E-state index in [1.165, 1.54) is 0 Å². The summed E-state index contributed by atoms with van der Waals surface area (Å²) < 4.78 is 0. The highest BCUT2D eigenvalue weighted by atomic mass is 16.2. The zero-order valence-corrected chi connectivity index (χ0v) is 11.3. The maximum absolute atomic E-state index is 12.0. The van der Waals surface area contributed by atoms with Crippen molar-refractivity contribution in [2.75, 3.05) is 7.05 Å². The highest BCUT2D eigenvalue weighted by Crippen LogP contribution is 2.31. The third-order valence-corrected chi connectivity index (χ3v) is 3.40. The van der Waals surface area contributed by atoms with Crippen LogP contribution >= 0.6 is 0 Å². The summed E-state index contributed by atoms with van der Waals surface area (Å²) in [6.45, 7) is 5.96. The van der Waals surface area contributed by atoms with Gasteiger partial charge in [-0.3, -0.25) is 4.79 Å². The normalized spacial score (nSPS) is 29.5. The molecule has 0 saturated heterocycles. The Balaban J connectivity index is 2.53. The van der Waals surface area contributed by atoms with Crippen LogP contribution in [-0.2, 0) is 4.79 Å². The van der Waals surface area contributed by atoms with Crippen molar-refractivity contribution in [2.24, 2.45) is 5.92 Å². The maximum Gasteiger partial charge on any atom is 0.223 e. The molecule has 1 aliphatic rings. The molecule has 0 unspecified atom stereocenters. The Bertz CT molecular complexity index is 317. The zero-order chi connectivity index (χ0) is 13.1. The molecule has 1 rings (SSSR count). The Morgan fingerprint density at radius 1 is 1.35 bits per heavy atom. The Hall–Kier alpha value is -1.08. The monoisotopic (exact) mass is 237 g/mol. The molecule has 1 amide bonds. The first-order valence-corrected chi connectivity index (χ1v) is 6.24. The van der Waals surface area contributed by atoms with Crippen LogP contribution in [0.1, 0.15) is 46.5 Å². The third-order valence-electron chi connectivity index (χ3n) is 3.40. The van der Waals surface area contributed by atoms with Gasteiger partial charge in [0.2, 0.25) is 5.91 Å². The summed E-state index contributed by atoms with van der Waals surface area (Å²) in [5.41, 5.74) is -0.595. The van der Waals surface area contributed by atoms with E-state index in [1.54, 1.807) is 0 Å². The average Bonchev–Trinajstić information content (AvgIpc) is 2.27. The number of amides is 1. The maximum atomic E-state index is 12.0. The minimum Gasteiger partial charge on any atom is -0.351 e. The summed E-state index contributed by atoms with van der Waals surface area (Å²) in [4.78, 5) is 12.0. The average molecular weight is 237 g/mol. The molecule has 0 bridgehead atoms. The van der Waals surface area contributed by atoms with Gasteiger partial charge in [0, 0.05) is 11.5 Å². The molecular weight excluding hydrogens is 214 g/mol. The number of nitrogens with one attached hydrogen (secondary N) is 2. The first-order valence-electron chi connectivity index (χ1n) is 6.24. The molecule has 0 aromatic carbocycles. The van der Waals surface area contributed by atoms with Crippen LogP contribution in [-0.4, -0.2) is 24.0 Å². The summed E-state index contributed by atoms with van der Waals surface area (Å²) in [6.07, 6.45) is 3.08. The van der Waals surface area contributed by atoms with Crippen LogP contribution in [0.4, 0.5) is 0 Å². The summed E-state index contributed by atoms with van der Waals surface area (Å²) >= 11 is 0. The van der Waals surface area contributed by atoms with Crippen molar-refractivity contribution in [3.05, 3.63) is 0 Å². The van der Waals surface area contributed by atoms with Crippen molar-refractivity contribution >= 4 is 5.91 Å². The molecule has 1 aliphatic carbocycles. The standard InChI is InChI=1S/C13H23N3O/c1-12(2,3)16-11(17)10-5-7-13(9-14,15-4)8-6-10/h10,15H,5-8H2,1-4H3,(H,16,17). The third kappa shape index (κ3) is 3.71. The number of carbonyl (C=O) groups is 1. The van der Waals surface area contributed by atoms with E-state index >= 15 is 0 Å². The molecule has 1 saturated carbocycles. The molecule has 2 N–H and O–H groups in total. The zero-order valence-electron chi connectivity index (χ0n) is 11.3. The van der Waals surface area contributed by atoms with Gasteiger partial charge in [-0.15, -0.1) is 0 Å². The molecule has 17 heavy (non-hydrogen) atoms. The number of hydrogen-bond acceptors (Lipinski definition) is 3. The summed E-state index contributed by atoms with van der Waals surface area (Å²) in [5.74, 6) is 0.184. The minimum atomic E-state index is -0.418. The van der Waals surface area contributed by atoms with Crippen LogP contribution in [0.2, 0.25) is 0 Å². The van der Waals surface area contributed by atoms with Crippen molar-refractivity contribution in [3.8, 4) is 6.07 Å². The number of nitriles is 1. The predicted molar refractivity (Wildman–Crippen MR) is 67.3 cm³/mol. The quantitative estimate of drug-likeness (QED) is 0.766. The van der Waals surface area contributed by atoms with E-state index in [2.05, 4.69) is 16.7 Å². The van der Waals surface area contributed by atoms with E-state index in [0.29, 0.717) is 0 Å². The van der Waals surface area contributed by atoms with E-state index in [9.17, 15) is 4.79 Å². The molecule has 4 heteroatoms. The fraction of sp³-hybridized carbons (Fsp3) is 0.846. The highest BCUT2D eigenvalue weighted by Gasteiger charge is 2.36. The van der Waals surface area contributed by atoms with Crippen molar-refractivity contribution in [2.45, 2.75) is 57.5 Å². The van der Waals surface area contributed by atoms with E-state index in [1.807, 2.05) is 27.8 Å². The van der Waals surface area contributed by atoms with Gasteiger partial charge in [0.25, 0.3) is 0 Å². The second kappa shape index (κ2) is 5.05. The van der Waals surface area contributed by atoms with Gasteiger partial charge in [0.05, 0.1) is 6.07 Å². The van der Waals surface area contributed by atoms with Gasteiger partial charge in [-0.1, -0.05) is 0 Å². The fourth-order valence-corrected chi connectivity index (χ4v) is 2.26. The molecule has 0 atom stereocenters. The van der Waals surface area contributed by atoms with Crippen LogP contribution in [0.5, 0.6) is 0 Å². The number of hydrogen-bond donors (Lipinski definition) is 2. The van der Waals surface area contributed by atoms with E-state index in [-0.39, 0.29) is 17.4 Å². The van der Waals surface area contributed by atoms with Crippen molar-refractivity contribution in [1.82, 2.24) is 10.6 Å². The van der Waals surface area contributed by atoms with E-state index in [4.69, 9.17) is 5.26 Å². The number of nitrogens with zero attached hydrogens (tertiary/aromatic N) is 1. The van der Waals surface area contributed by atoms with Crippen LogP contribution in [0, 0.1) is 17.2 Å². The predicted octanol–water partition coefficient (Wildman–Crippen LogP) is 1.57. The molecule has 0 aromatic heterocycles. The van der Waals surface area contributed by atoms with Gasteiger partial charge < -0.3 is 10.6 Å². The van der Waals surface area contributed by atoms with Gasteiger partial charge in [0.15, 0.2) is 0 Å². The lowest BCUT2D eigenvalue weighted by Crippen LogP contribution is -2.49. The largest absolute Gasteiger partial charge is 0.351 e. The summed E-state index contributed by atoms with van der Waals surface area (Å²) in [5, 5.41) is 15.2. The fourth-order valence-electron chi connectivity index (χ4n) is 2.26. The Labute approximate surface area is 104 Å². The molecule has 0 aliphatic heterocycles. The Kier molecular flexibility index (Phi) is 4.16. The lowest BCUT2D eigenvalue weighted by atomic mass is 9.77. The number of carbonyl (C=O) groups excluding carboxylic acids is 1. The molecule has 0 aromatic rings. The molecule has 0 heterocycles. The summed E-state index contributed by atoms with van der Waals surface area (Å²) in [6, 6.07) is 2.33. The van der Waals surface area contributed by atoms with Gasteiger partial charge in [0.1, 0.15) is 5.54 Å². The minimum absolute atomic E-state index is 0.0593. The van der Waals surface area contributed by atoms with Crippen LogP contribution in [0.25, 0.3) is 0 Å². The molecule has 4 nitrogen and oxygen atoms in total. The first-order chi connectivity index (χ1) is 7.82. The van der Waals surface area contributed by atoms with Crippen molar-refractivity contribution < 1.29 is 4.79 Å². The van der Waals surface area contributed by atoms with E-state index in [0.717, 1.165) is 25.7 Å². The lowest BCUT2D eigenvalue weighted by molar-refractivity contribution is -0.127. The van der Waals surface area contributed by atoms with Crippen molar-refractivity contribution in [3.63, 3.8) is 0 Å². The molecule has 96 valence electrons. The summed E-state index contributed by atoms with van der Waals surface area (Å²) in [7, 11) is 1.82.